The van der Waals surface area contributed by atoms with Crippen LogP contribution in [0.4, 0.5) is 4.79 Å². The summed E-state index contributed by atoms with van der Waals surface area (Å²) < 4.78 is 5.50. The van der Waals surface area contributed by atoms with Crippen molar-refractivity contribution in [2.24, 2.45) is 5.92 Å². The molecule has 2 fully saturated rings. The van der Waals surface area contributed by atoms with E-state index in [-0.39, 0.29) is 17.9 Å². The zero-order chi connectivity index (χ0) is 17.9. The van der Waals surface area contributed by atoms with E-state index in [1.807, 2.05) is 17.0 Å². The Balaban J connectivity index is 1.41. The third-order valence-electron chi connectivity index (χ3n) is 5.51. The quantitative estimate of drug-likeness (QED) is 0.914. The second-order valence-electron chi connectivity index (χ2n) is 7.47. The molecule has 0 radical (unpaired) electrons. The minimum atomic E-state index is 0.0400. The van der Waals surface area contributed by atoms with Crippen LogP contribution in [0.3, 0.4) is 0 Å². The lowest BCUT2D eigenvalue weighted by molar-refractivity contribution is 0.198. The molecule has 2 unspecified atom stereocenters. The van der Waals surface area contributed by atoms with E-state index in [1.54, 1.807) is 12.4 Å². The molecule has 3 heterocycles. The van der Waals surface area contributed by atoms with E-state index in [0.29, 0.717) is 30.8 Å². The normalized spacial score (nSPS) is 24.0. The van der Waals surface area contributed by atoms with Gasteiger partial charge in [-0.25, -0.2) is 4.79 Å². The molecule has 2 aromatic rings. The van der Waals surface area contributed by atoms with Gasteiger partial charge in [0, 0.05) is 37.1 Å². The van der Waals surface area contributed by atoms with Crippen molar-refractivity contribution in [2.45, 2.75) is 51.0 Å². The molecule has 0 aromatic carbocycles. The van der Waals surface area contributed by atoms with Crippen molar-refractivity contribution < 1.29 is 9.32 Å². The lowest BCUT2D eigenvalue weighted by Crippen LogP contribution is -2.44. The van der Waals surface area contributed by atoms with Crippen LogP contribution < -0.4 is 5.32 Å². The zero-order valence-electron chi connectivity index (χ0n) is 15.1. The number of urea groups is 1. The largest absolute Gasteiger partial charge is 0.339 e. The number of rotatable bonds is 3. The Morgan fingerprint density at radius 1 is 1.27 bits per heavy atom. The Hall–Kier alpha value is -2.44. The van der Waals surface area contributed by atoms with Crippen LogP contribution in [0.25, 0.3) is 11.4 Å². The van der Waals surface area contributed by atoms with Crippen molar-refractivity contribution in [1.82, 2.24) is 25.3 Å². The molecule has 1 saturated carbocycles. The molecule has 2 atom stereocenters. The van der Waals surface area contributed by atoms with Crippen molar-refractivity contribution in [3.8, 4) is 11.4 Å². The van der Waals surface area contributed by atoms with Gasteiger partial charge in [0.25, 0.3) is 0 Å². The average molecular weight is 355 g/mol. The van der Waals surface area contributed by atoms with Crippen molar-refractivity contribution in [2.75, 3.05) is 13.1 Å². The van der Waals surface area contributed by atoms with Gasteiger partial charge < -0.3 is 14.7 Å². The number of carbonyl (C=O) groups excluding carboxylic acids is 1. The molecule has 26 heavy (non-hydrogen) atoms. The van der Waals surface area contributed by atoms with Crippen LogP contribution in [0.1, 0.15) is 50.8 Å². The third kappa shape index (κ3) is 3.57. The van der Waals surface area contributed by atoms with Crippen molar-refractivity contribution in [1.29, 1.82) is 0 Å². The zero-order valence-corrected chi connectivity index (χ0v) is 15.1. The van der Waals surface area contributed by atoms with Crippen LogP contribution in [0.5, 0.6) is 0 Å². The monoisotopic (exact) mass is 355 g/mol. The van der Waals surface area contributed by atoms with Crippen LogP contribution in [-0.4, -0.2) is 45.2 Å². The van der Waals surface area contributed by atoms with Crippen molar-refractivity contribution in [3.63, 3.8) is 0 Å². The highest BCUT2D eigenvalue weighted by Crippen LogP contribution is 2.32. The molecule has 4 rings (SSSR count). The van der Waals surface area contributed by atoms with E-state index in [0.717, 1.165) is 18.4 Å². The number of hydrogen-bond donors (Lipinski definition) is 1. The highest BCUT2D eigenvalue weighted by molar-refractivity contribution is 5.75. The molecular weight excluding hydrogens is 330 g/mol. The Morgan fingerprint density at radius 2 is 2.12 bits per heavy atom. The van der Waals surface area contributed by atoms with Crippen LogP contribution in [0, 0.1) is 5.92 Å². The summed E-state index contributed by atoms with van der Waals surface area (Å²) in [6.45, 7) is 3.47. The number of hydrogen-bond acceptors (Lipinski definition) is 5. The summed E-state index contributed by atoms with van der Waals surface area (Å²) >= 11 is 0. The standard InChI is InChI=1S/C19H25N5O2/c1-13-11-24(19(25)21-15-7-3-2-4-8-15)12-16(13)18-22-17(23-26-18)14-6-5-9-20-10-14/h5-6,9-10,13,15-16H,2-4,7-8,11-12H2,1H3,(H,21,25). The molecule has 0 bridgehead atoms. The first kappa shape index (κ1) is 17.0. The van der Waals surface area contributed by atoms with Crippen LogP contribution in [0.2, 0.25) is 0 Å². The summed E-state index contributed by atoms with van der Waals surface area (Å²) in [5.74, 6) is 1.51. The summed E-state index contributed by atoms with van der Waals surface area (Å²) in [5, 5.41) is 7.28. The van der Waals surface area contributed by atoms with Gasteiger partial charge in [-0.3, -0.25) is 4.98 Å². The summed E-state index contributed by atoms with van der Waals surface area (Å²) in [6.07, 6.45) is 9.33. The lowest BCUT2D eigenvalue weighted by Gasteiger charge is -2.26. The van der Waals surface area contributed by atoms with Gasteiger partial charge in [0.05, 0.1) is 5.92 Å². The van der Waals surface area contributed by atoms with Crippen LogP contribution in [0.15, 0.2) is 29.0 Å². The minimum Gasteiger partial charge on any atom is -0.339 e. The molecule has 1 saturated heterocycles. The minimum absolute atomic E-state index is 0.0400. The molecule has 7 nitrogen and oxygen atoms in total. The van der Waals surface area contributed by atoms with E-state index in [1.165, 1.54) is 19.3 Å². The topological polar surface area (TPSA) is 84.2 Å². The molecule has 1 aliphatic heterocycles. The number of pyridine rings is 1. The molecule has 0 spiro atoms. The third-order valence-corrected chi connectivity index (χ3v) is 5.51. The van der Waals surface area contributed by atoms with Gasteiger partial charge in [0.1, 0.15) is 0 Å². The average Bonchev–Trinajstić information content (AvgIpc) is 3.30. The van der Waals surface area contributed by atoms with Gasteiger partial charge in [-0.2, -0.15) is 4.98 Å². The number of aromatic nitrogens is 3. The molecule has 7 heteroatoms. The maximum atomic E-state index is 12.6. The molecular formula is C19H25N5O2. The maximum Gasteiger partial charge on any atom is 0.317 e. The van der Waals surface area contributed by atoms with Gasteiger partial charge in [0.15, 0.2) is 0 Å². The fraction of sp³-hybridized carbons (Fsp3) is 0.579. The SMILES string of the molecule is CC1CN(C(=O)NC2CCCCC2)CC1c1nc(-c2cccnc2)no1. The number of likely N-dealkylation sites (tertiary alicyclic amines) is 1. The molecule has 2 aromatic heterocycles. The van der Waals surface area contributed by atoms with Gasteiger partial charge >= 0.3 is 6.03 Å². The van der Waals surface area contributed by atoms with E-state index in [4.69, 9.17) is 4.52 Å². The Morgan fingerprint density at radius 3 is 2.88 bits per heavy atom. The van der Waals surface area contributed by atoms with E-state index in [9.17, 15) is 4.79 Å². The van der Waals surface area contributed by atoms with Crippen molar-refractivity contribution >= 4 is 6.03 Å². The maximum absolute atomic E-state index is 12.6. The summed E-state index contributed by atoms with van der Waals surface area (Å²) in [7, 11) is 0. The van der Waals surface area contributed by atoms with Crippen LogP contribution >= 0.6 is 0 Å². The second kappa shape index (κ2) is 7.43. The number of nitrogens with one attached hydrogen (secondary N) is 1. The molecule has 1 N–H and O–H groups in total. The predicted octanol–water partition coefficient (Wildman–Crippen LogP) is 3.21. The Bertz CT molecular complexity index is 741. The highest BCUT2D eigenvalue weighted by Gasteiger charge is 2.37. The Kier molecular flexibility index (Phi) is 4.86. The van der Waals surface area contributed by atoms with Gasteiger partial charge in [-0.05, 0) is 30.9 Å². The smallest absolute Gasteiger partial charge is 0.317 e. The highest BCUT2D eigenvalue weighted by atomic mass is 16.5. The fourth-order valence-corrected chi connectivity index (χ4v) is 3.97. The summed E-state index contributed by atoms with van der Waals surface area (Å²) in [4.78, 5) is 23.1. The lowest BCUT2D eigenvalue weighted by atomic mass is 9.96. The first-order chi connectivity index (χ1) is 12.7. The predicted molar refractivity (Wildman–Crippen MR) is 96.4 cm³/mol. The fourth-order valence-electron chi connectivity index (χ4n) is 3.97. The number of carbonyl (C=O) groups is 1. The van der Waals surface area contributed by atoms with E-state index >= 15 is 0 Å². The first-order valence-electron chi connectivity index (χ1n) is 9.50. The van der Waals surface area contributed by atoms with E-state index < -0.39 is 0 Å². The molecule has 2 amide bonds. The van der Waals surface area contributed by atoms with E-state index in [2.05, 4.69) is 27.4 Å². The van der Waals surface area contributed by atoms with Gasteiger partial charge in [-0.1, -0.05) is 31.3 Å². The molecule has 2 aliphatic rings. The summed E-state index contributed by atoms with van der Waals surface area (Å²) in [6, 6.07) is 4.12. The molecule has 1 aliphatic carbocycles. The summed E-state index contributed by atoms with van der Waals surface area (Å²) in [5.41, 5.74) is 0.833. The first-order valence-corrected chi connectivity index (χ1v) is 9.50. The Labute approximate surface area is 153 Å². The number of amides is 2. The van der Waals surface area contributed by atoms with Crippen molar-refractivity contribution in [3.05, 3.63) is 30.4 Å². The van der Waals surface area contributed by atoms with Crippen LogP contribution in [-0.2, 0) is 0 Å². The van der Waals surface area contributed by atoms with Gasteiger partial charge in [-0.15, -0.1) is 0 Å². The molecule has 138 valence electrons. The number of nitrogens with zero attached hydrogens (tertiary/aromatic N) is 4. The second-order valence-corrected chi connectivity index (χ2v) is 7.47. The van der Waals surface area contributed by atoms with Gasteiger partial charge in [0.2, 0.25) is 11.7 Å².